The molecule has 2 N–H and O–H groups in total. The Morgan fingerprint density at radius 1 is 1.19 bits per heavy atom. The summed E-state index contributed by atoms with van der Waals surface area (Å²) in [5.41, 5.74) is 0.757. The van der Waals surface area contributed by atoms with E-state index in [1.807, 2.05) is 0 Å². The molecule has 0 saturated heterocycles. The molecular formula is C15H13FN2O3. The predicted molar refractivity (Wildman–Crippen MR) is 73.2 cm³/mol. The number of aliphatic carboxylic acids is 1. The van der Waals surface area contributed by atoms with Crippen molar-refractivity contribution in [2.75, 3.05) is 0 Å². The first-order chi connectivity index (χ1) is 10.1. The molecule has 6 heteroatoms. The summed E-state index contributed by atoms with van der Waals surface area (Å²) < 4.78 is 12.8. The third-order valence-corrected chi connectivity index (χ3v) is 2.85. The van der Waals surface area contributed by atoms with Gasteiger partial charge in [0.1, 0.15) is 17.6 Å². The molecule has 1 amide bonds. The van der Waals surface area contributed by atoms with Crippen LogP contribution in [0.3, 0.4) is 0 Å². The number of amides is 1. The van der Waals surface area contributed by atoms with Crippen molar-refractivity contribution in [3.05, 3.63) is 65.7 Å². The number of benzene rings is 1. The van der Waals surface area contributed by atoms with Crippen LogP contribution in [-0.4, -0.2) is 28.0 Å². The molecule has 0 spiro atoms. The monoisotopic (exact) mass is 288 g/mol. The minimum Gasteiger partial charge on any atom is -0.480 e. The van der Waals surface area contributed by atoms with Gasteiger partial charge in [0.25, 0.3) is 5.91 Å². The molecule has 5 nitrogen and oxygen atoms in total. The van der Waals surface area contributed by atoms with E-state index in [0.717, 1.165) is 0 Å². The minimum absolute atomic E-state index is 0.0637. The molecule has 0 saturated carbocycles. The van der Waals surface area contributed by atoms with Crippen LogP contribution < -0.4 is 5.32 Å². The van der Waals surface area contributed by atoms with Crippen LogP contribution in [-0.2, 0) is 11.2 Å². The average molecular weight is 288 g/mol. The fourth-order valence-corrected chi connectivity index (χ4v) is 1.79. The van der Waals surface area contributed by atoms with Crippen LogP contribution in [0.5, 0.6) is 0 Å². The zero-order chi connectivity index (χ0) is 15.2. The normalized spacial score (nSPS) is 11.7. The first kappa shape index (κ1) is 14.6. The third-order valence-electron chi connectivity index (χ3n) is 2.85. The second-order valence-electron chi connectivity index (χ2n) is 4.41. The number of nitrogens with zero attached hydrogens (tertiary/aromatic N) is 1. The van der Waals surface area contributed by atoms with E-state index in [4.69, 9.17) is 0 Å². The zero-order valence-electron chi connectivity index (χ0n) is 11.0. The zero-order valence-corrected chi connectivity index (χ0v) is 11.0. The number of hydrogen-bond donors (Lipinski definition) is 2. The molecule has 0 aliphatic rings. The molecule has 0 aliphatic heterocycles. The summed E-state index contributed by atoms with van der Waals surface area (Å²) in [6.07, 6.45) is 1.51. The molecule has 0 unspecified atom stereocenters. The Morgan fingerprint density at radius 3 is 2.48 bits per heavy atom. The van der Waals surface area contributed by atoms with E-state index in [9.17, 15) is 19.1 Å². The summed E-state index contributed by atoms with van der Waals surface area (Å²) in [5.74, 6) is -2.13. The smallest absolute Gasteiger partial charge is 0.326 e. The molecule has 1 aromatic carbocycles. The lowest BCUT2D eigenvalue weighted by Gasteiger charge is -2.14. The topological polar surface area (TPSA) is 79.3 Å². The molecule has 1 heterocycles. The molecule has 108 valence electrons. The van der Waals surface area contributed by atoms with Crippen molar-refractivity contribution in [1.82, 2.24) is 10.3 Å². The van der Waals surface area contributed by atoms with Gasteiger partial charge >= 0.3 is 5.97 Å². The van der Waals surface area contributed by atoms with Gasteiger partial charge in [-0.15, -0.1) is 0 Å². The Kier molecular flexibility index (Phi) is 4.61. The summed E-state index contributed by atoms with van der Waals surface area (Å²) in [5, 5.41) is 11.6. The fraction of sp³-hybridized carbons (Fsp3) is 0.133. The Labute approximate surface area is 120 Å². The van der Waals surface area contributed by atoms with E-state index in [2.05, 4.69) is 10.3 Å². The maximum Gasteiger partial charge on any atom is 0.326 e. The van der Waals surface area contributed by atoms with Crippen LogP contribution in [0.2, 0.25) is 0 Å². The molecule has 0 bridgehead atoms. The van der Waals surface area contributed by atoms with Gasteiger partial charge < -0.3 is 10.4 Å². The minimum atomic E-state index is -1.16. The van der Waals surface area contributed by atoms with Crippen molar-refractivity contribution < 1.29 is 19.1 Å². The Morgan fingerprint density at radius 2 is 1.90 bits per heavy atom. The lowest BCUT2D eigenvalue weighted by atomic mass is 10.1. The van der Waals surface area contributed by atoms with E-state index in [0.29, 0.717) is 5.56 Å². The Hall–Kier alpha value is -2.76. The van der Waals surface area contributed by atoms with E-state index in [1.165, 1.54) is 36.5 Å². The van der Waals surface area contributed by atoms with Gasteiger partial charge in [-0.25, -0.2) is 9.18 Å². The van der Waals surface area contributed by atoms with E-state index in [1.54, 1.807) is 12.1 Å². The van der Waals surface area contributed by atoms with Gasteiger partial charge in [-0.1, -0.05) is 18.2 Å². The number of hydrogen-bond acceptors (Lipinski definition) is 3. The van der Waals surface area contributed by atoms with Gasteiger partial charge in [-0.2, -0.15) is 0 Å². The number of carboxylic acid groups (broad SMARTS) is 1. The second-order valence-corrected chi connectivity index (χ2v) is 4.41. The average Bonchev–Trinajstić information content (AvgIpc) is 2.49. The number of carbonyl (C=O) groups excluding carboxylic acids is 1. The van der Waals surface area contributed by atoms with Crippen LogP contribution in [0, 0.1) is 5.82 Å². The van der Waals surface area contributed by atoms with Crippen molar-refractivity contribution in [1.29, 1.82) is 0 Å². The van der Waals surface area contributed by atoms with Crippen molar-refractivity contribution in [3.63, 3.8) is 0 Å². The highest BCUT2D eigenvalue weighted by Gasteiger charge is 2.21. The molecule has 2 rings (SSSR count). The number of pyridine rings is 1. The van der Waals surface area contributed by atoms with Crippen LogP contribution in [0.15, 0.2) is 48.7 Å². The third kappa shape index (κ3) is 4.10. The highest BCUT2D eigenvalue weighted by atomic mass is 19.1. The second kappa shape index (κ2) is 6.60. The quantitative estimate of drug-likeness (QED) is 0.876. The maximum absolute atomic E-state index is 12.8. The summed E-state index contributed by atoms with van der Waals surface area (Å²) in [7, 11) is 0. The Balaban J connectivity index is 2.07. The number of halogens is 1. The van der Waals surface area contributed by atoms with Gasteiger partial charge in [0.05, 0.1) is 0 Å². The first-order valence-electron chi connectivity index (χ1n) is 6.25. The molecule has 0 radical (unpaired) electrons. The highest BCUT2D eigenvalue weighted by molar-refractivity contribution is 5.94. The molecule has 2 aromatic rings. The van der Waals surface area contributed by atoms with Crippen molar-refractivity contribution >= 4 is 11.9 Å². The van der Waals surface area contributed by atoms with E-state index in [-0.39, 0.29) is 12.1 Å². The summed E-state index contributed by atoms with van der Waals surface area (Å²) in [6.45, 7) is 0. The number of nitrogens with one attached hydrogen (secondary N) is 1. The SMILES string of the molecule is O=C(N[C@H](Cc1ccc(F)cc1)C(=O)O)c1ccccn1. The summed E-state index contributed by atoms with van der Waals surface area (Å²) in [6, 6.07) is 9.14. The lowest BCUT2D eigenvalue weighted by molar-refractivity contribution is -0.139. The van der Waals surface area contributed by atoms with E-state index >= 15 is 0 Å². The van der Waals surface area contributed by atoms with Crippen LogP contribution in [0.1, 0.15) is 16.1 Å². The van der Waals surface area contributed by atoms with Gasteiger partial charge in [0.15, 0.2) is 0 Å². The number of rotatable bonds is 5. The van der Waals surface area contributed by atoms with Crippen molar-refractivity contribution in [2.24, 2.45) is 0 Å². The van der Waals surface area contributed by atoms with E-state index < -0.39 is 23.7 Å². The van der Waals surface area contributed by atoms with Crippen molar-refractivity contribution in [3.8, 4) is 0 Å². The first-order valence-corrected chi connectivity index (χ1v) is 6.25. The van der Waals surface area contributed by atoms with Gasteiger partial charge in [0, 0.05) is 12.6 Å². The van der Waals surface area contributed by atoms with Crippen LogP contribution in [0.4, 0.5) is 4.39 Å². The van der Waals surface area contributed by atoms with Gasteiger partial charge in [0.2, 0.25) is 0 Å². The number of aromatic nitrogens is 1. The van der Waals surface area contributed by atoms with Gasteiger partial charge in [-0.3, -0.25) is 9.78 Å². The molecule has 1 atom stereocenters. The fourth-order valence-electron chi connectivity index (χ4n) is 1.79. The molecule has 21 heavy (non-hydrogen) atoms. The summed E-state index contributed by atoms with van der Waals surface area (Å²) in [4.78, 5) is 27.0. The lowest BCUT2D eigenvalue weighted by Crippen LogP contribution is -2.42. The highest BCUT2D eigenvalue weighted by Crippen LogP contribution is 2.07. The number of carbonyl (C=O) groups is 2. The van der Waals surface area contributed by atoms with Gasteiger partial charge in [-0.05, 0) is 29.8 Å². The largest absolute Gasteiger partial charge is 0.480 e. The van der Waals surface area contributed by atoms with Crippen molar-refractivity contribution in [2.45, 2.75) is 12.5 Å². The maximum atomic E-state index is 12.8. The standard InChI is InChI=1S/C15H13FN2O3/c16-11-6-4-10(5-7-11)9-13(15(20)21)18-14(19)12-3-1-2-8-17-12/h1-8,13H,9H2,(H,18,19)(H,20,21)/t13-/m1/s1. The van der Waals surface area contributed by atoms with Crippen LogP contribution in [0.25, 0.3) is 0 Å². The molecule has 1 aromatic heterocycles. The Bertz CT molecular complexity index is 629. The summed E-state index contributed by atoms with van der Waals surface area (Å²) >= 11 is 0. The van der Waals surface area contributed by atoms with Crippen LogP contribution >= 0.6 is 0 Å². The number of carboxylic acids is 1. The predicted octanol–water partition coefficient (Wildman–Crippen LogP) is 1.65. The molecular weight excluding hydrogens is 275 g/mol. The molecule has 0 aliphatic carbocycles. The molecule has 0 fully saturated rings.